The van der Waals surface area contributed by atoms with Gasteiger partial charge in [0, 0.05) is 18.2 Å². The van der Waals surface area contributed by atoms with E-state index in [1.807, 2.05) is 0 Å². The summed E-state index contributed by atoms with van der Waals surface area (Å²) in [6, 6.07) is 1.58. The maximum atomic E-state index is 9.70. The molecule has 0 atom stereocenters. The monoisotopic (exact) mass is 211 g/mol. The van der Waals surface area contributed by atoms with Gasteiger partial charge in [-0.15, -0.1) is 0 Å². The lowest BCUT2D eigenvalue weighted by molar-refractivity contribution is 0.406. The molecule has 1 aromatic heterocycles. The van der Waals surface area contributed by atoms with E-state index in [1.54, 1.807) is 12.3 Å². The van der Waals surface area contributed by atoms with E-state index in [2.05, 4.69) is 4.98 Å². The number of pyridine rings is 1. The van der Waals surface area contributed by atoms with E-state index < -0.39 is 0 Å². The van der Waals surface area contributed by atoms with Crippen molar-refractivity contribution in [2.24, 2.45) is 0 Å². The highest BCUT2D eigenvalue weighted by Crippen LogP contribution is 2.36. The first-order valence-electron chi connectivity index (χ1n) is 5.12. The highest BCUT2D eigenvalue weighted by molar-refractivity contribution is 6.30. The second-order valence-electron chi connectivity index (χ2n) is 3.89. The first kappa shape index (κ1) is 9.78. The Morgan fingerprint density at radius 3 is 2.64 bits per heavy atom. The van der Waals surface area contributed by atoms with Gasteiger partial charge in [-0.25, -0.2) is 0 Å². The maximum absolute atomic E-state index is 9.70. The predicted molar refractivity (Wildman–Crippen MR) is 56.7 cm³/mol. The van der Waals surface area contributed by atoms with Crippen molar-refractivity contribution in [3.63, 3.8) is 0 Å². The molecule has 0 bridgehead atoms. The van der Waals surface area contributed by atoms with Gasteiger partial charge in [0.25, 0.3) is 0 Å². The van der Waals surface area contributed by atoms with Crippen LogP contribution in [0, 0.1) is 0 Å². The summed E-state index contributed by atoms with van der Waals surface area (Å²) in [5, 5.41) is 10.2. The molecule has 76 valence electrons. The average Bonchev–Trinajstić information content (AvgIpc) is 2.19. The lowest BCUT2D eigenvalue weighted by Crippen LogP contribution is -2.06. The van der Waals surface area contributed by atoms with Crippen molar-refractivity contribution in [2.75, 3.05) is 0 Å². The Labute approximate surface area is 88.9 Å². The molecule has 1 heterocycles. The van der Waals surface area contributed by atoms with Crippen molar-refractivity contribution in [1.29, 1.82) is 0 Å². The number of hydrogen-bond acceptors (Lipinski definition) is 2. The second kappa shape index (κ2) is 4.18. The number of rotatable bonds is 1. The van der Waals surface area contributed by atoms with Crippen LogP contribution in [0.5, 0.6) is 5.75 Å². The summed E-state index contributed by atoms with van der Waals surface area (Å²) in [7, 11) is 0. The lowest BCUT2D eigenvalue weighted by atomic mass is 9.86. The largest absolute Gasteiger partial charge is 0.506 e. The number of aromatic hydroxyl groups is 1. The van der Waals surface area contributed by atoms with Gasteiger partial charge in [-0.3, -0.25) is 4.98 Å². The molecule has 2 nitrogen and oxygen atoms in total. The maximum Gasteiger partial charge on any atom is 0.138 e. The molecule has 0 spiro atoms. The Morgan fingerprint density at radius 1 is 1.29 bits per heavy atom. The molecule has 0 aliphatic heterocycles. The third-order valence-electron chi connectivity index (χ3n) is 2.86. The van der Waals surface area contributed by atoms with Crippen molar-refractivity contribution in [2.45, 2.75) is 38.0 Å². The molecule has 1 aromatic rings. The molecule has 2 rings (SSSR count). The van der Waals surface area contributed by atoms with Gasteiger partial charge in [-0.2, -0.15) is 0 Å². The SMILES string of the molecule is Oc1cc(Cl)cnc1C1CCCCC1. The summed E-state index contributed by atoms with van der Waals surface area (Å²) in [6.07, 6.45) is 7.70. The van der Waals surface area contributed by atoms with Gasteiger partial charge in [0.1, 0.15) is 5.75 Å². The molecule has 0 amide bonds. The molecule has 1 saturated carbocycles. The van der Waals surface area contributed by atoms with Crippen molar-refractivity contribution < 1.29 is 5.11 Å². The Bertz CT molecular complexity index is 321. The minimum absolute atomic E-state index is 0.254. The zero-order chi connectivity index (χ0) is 9.97. The molecule has 0 saturated heterocycles. The van der Waals surface area contributed by atoms with Crippen LogP contribution in [0.3, 0.4) is 0 Å². The highest BCUT2D eigenvalue weighted by atomic mass is 35.5. The standard InChI is InChI=1S/C11H14ClNO/c12-9-6-10(14)11(13-7-9)8-4-2-1-3-5-8/h6-8,14H,1-5H2. The molecule has 0 aromatic carbocycles. The summed E-state index contributed by atoms with van der Waals surface area (Å²) in [5.41, 5.74) is 0.828. The summed E-state index contributed by atoms with van der Waals surface area (Å²) in [4.78, 5) is 4.22. The van der Waals surface area contributed by atoms with Gasteiger partial charge in [0.2, 0.25) is 0 Å². The number of halogens is 1. The lowest BCUT2D eigenvalue weighted by Gasteiger charge is -2.21. The molecule has 3 heteroatoms. The molecule has 1 aliphatic rings. The number of hydrogen-bond donors (Lipinski definition) is 1. The van der Waals surface area contributed by atoms with Gasteiger partial charge < -0.3 is 5.11 Å². The van der Waals surface area contributed by atoms with Gasteiger partial charge in [-0.1, -0.05) is 30.9 Å². The van der Waals surface area contributed by atoms with E-state index in [4.69, 9.17) is 11.6 Å². The fourth-order valence-electron chi connectivity index (χ4n) is 2.13. The third-order valence-corrected chi connectivity index (χ3v) is 3.06. The van der Waals surface area contributed by atoms with Gasteiger partial charge in [0.05, 0.1) is 10.7 Å². The third kappa shape index (κ3) is 2.01. The molecule has 0 unspecified atom stereocenters. The zero-order valence-corrected chi connectivity index (χ0v) is 8.80. The van der Waals surface area contributed by atoms with E-state index in [1.165, 1.54) is 19.3 Å². The number of aromatic nitrogens is 1. The minimum atomic E-state index is 0.254. The number of nitrogens with zero attached hydrogens (tertiary/aromatic N) is 1. The quantitative estimate of drug-likeness (QED) is 0.772. The van der Waals surface area contributed by atoms with E-state index in [9.17, 15) is 5.11 Å². The second-order valence-corrected chi connectivity index (χ2v) is 4.33. The van der Waals surface area contributed by atoms with Crippen LogP contribution < -0.4 is 0 Å². The smallest absolute Gasteiger partial charge is 0.138 e. The van der Waals surface area contributed by atoms with E-state index in [0.29, 0.717) is 10.9 Å². The van der Waals surface area contributed by atoms with Crippen LogP contribution in [0.1, 0.15) is 43.7 Å². The minimum Gasteiger partial charge on any atom is -0.506 e. The van der Waals surface area contributed by atoms with Crippen molar-refractivity contribution >= 4 is 11.6 Å². The van der Waals surface area contributed by atoms with Crippen LogP contribution in [-0.2, 0) is 0 Å². The molecular formula is C11H14ClNO. The molecule has 0 radical (unpaired) electrons. The fraction of sp³-hybridized carbons (Fsp3) is 0.545. The van der Waals surface area contributed by atoms with E-state index in [0.717, 1.165) is 18.5 Å². The zero-order valence-electron chi connectivity index (χ0n) is 8.04. The first-order chi connectivity index (χ1) is 6.77. The van der Waals surface area contributed by atoms with Crippen LogP contribution in [0.25, 0.3) is 0 Å². The summed E-state index contributed by atoms with van der Waals surface area (Å²) in [5.74, 6) is 0.686. The van der Waals surface area contributed by atoms with E-state index >= 15 is 0 Å². The van der Waals surface area contributed by atoms with Crippen molar-refractivity contribution in [1.82, 2.24) is 4.98 Å². The Hall–Kier alpha value is -0.760. The topological polar surface area (TPSA) is 33.1 Å². The Morgan fingerprint density at radius 2 is 2.00 bits per heavy atom. The Balaban J connectivity index is 2.22. The van der Waals surface area contributed by atoms with Crippen LogP contribution in [0.4, 0.5) is 0 Å². The van der Waals surface area contributed by atoms with Crippen LogP contribution in [0.15, 0.2) is 12.3 Å². The van der Waals surface area contributed by atoms with Crippen LogP contribution >= 0.6 is 11.6 Å². The van der Waals surface area contributed by atoms with Gasteiger partial charge >= 0.3 is 0 Å². The summed E-state index contributed by atoms with van der Waals surface area (Å²) < 4.78 is 0. The van der Waals surface area contributed by atoms with Crippen molar-refractivity contribution in [3.8, 4) is 5.75 Å². The predicted octanol–water partition coefficient (Wildman–Crippen LogP) is 3.49. The fourth-order valence-corrected chi connectivity index (χ4v) is 2.28. The molecule has 1 N–H and O–H groups in total. The van der Waals surface area contributed by atoms with Crippen molar-refractivity contribution in [3.05, 3.63) is 23.0 Å². The van der Waals surface area contributed by atoms with Crippen LogP contribution in [-0.4, -0.2) is 10.1 Å². The normalized spacial score (nSPS) is 18.4. The van der Waals surface area contributed by atoms with Crippen LogP contribution in [0.2, 0.25) is 5.02 Å². The molecule has 1 aliphatic carbocycles. The average molecular weight is 212 g/mol. The Kier molecular flexibility index (Phi) is 2.92. The summed E-state index contributed by atoms with van der Waals surface area (Å²) in [6.45, 7) is 0. The van der Waals surface area contributed by atoms with Gasteiger partial charge in [-0.05, 0) is 12.8 Å². The molecular weight excluding hydrogens is 198 g/mol. The molecule has 14 heavy (non-hydrogen) atoms. The molecule has 1 fully saturated rings. The summed E-state index contributed by atoms with van der Waals surface area (Å²) >= 11 is 5.73. The van der Waals surface area contributed by atoms with Gasteiger partial charge in [0.15, 0.2) is 0 Å². The highest BCUT2D eigenvalue weighted by Gasteiger charge is 2.19. The first-order valence-corrected chi connectivity index (χ1v) is 5.49. The van der Waals surface area contributed by atoms with E-state index in [-0.39, 0.29) is 5.75 Å².